The molecule has 1 amide bonds. The second-order valence-corrected chi connectivity index (χ2v) is 8.95. The summed E-state index contributed by atoms with van der Waals surface area (Å²) in [4.78, 5) is 17.0. The van der Waals surface area contributed by atoms with Crippen molar-refractivity contribution < 1.29 is 13.9 Å². The third-order valence-corrected chi connectivity index (χ3v) is 6.37. The van der Waals surface area contributed by atoms with E-state index in [1.165, 1.54) is 0 Å². The number of carbonyl (C=O) groups is 1. The van der Waals surface area contributed by atoms with E-state index in [1.54, 1.807) is 12.1 Å². The fourth-order valence-corrected chi connectivity index (χ4v) is 4.06. The predicted octanol–water partition coefficient (Wildman–Crippen LogP) is 5.74. The average Bonchev–Trinajstić information content (AvgIpc) is 3.26. The van der Waals surface area contributed by atoms with Gasteiger partial charge in [0, 0.05) is 32.7 Å². The summed E-state index contributed by atoms with van der Waals surface area (Å²) >= 11 is 12.1. The first-order valence-electron chi connectivity index (χ1n) is 10.6. The van der Waals surface area contributed by atoms with Crippen LogP contribution in [0.15, 0.2) is 52.9 Å². The Morgan fingerprint density at radius 3 is 2.50 bits per heavy atom. The number of carbonyl (C=O) groups excluding carboxylic acids is 1. The summed E-state index contributed by atoms with van der Waals surface area (Å²) in [7, 11) is 0. The Hall–Kier alpha value is -2.47. The predicted molar refractivity (Wildman–Crippen MR) is 127 cm³/mol. The highest BCUT2D eigenvalue weighted by Gasteiger charge is 2.24. The molecule has 2 heterocycles. The molecule has 1 saturated heterocycles. The number of ether oxygens (including phenoxy) is 1. The molecule has 0 unspecified atom stereocenters. The Bertz CT molecular complexity index is 1100. The zero-order valence-electron chi connectivity index (χ0n) is 18.2. The van der Waals surface area contributed by atoms with Gasteiger partial charge >= 0.3 is 0 Å². The van der Waals surface area contributed by atoms with Crippen LogP contribution in [0.4, 0.5) is 0 Å². The van der Waals surface area contributed by atoms with Crippen molar-refractivity contribution in [3.63, 3.8) is 0 Å². The summed E-state index contributed by atoms with van der Waals surface area (Å²) in [6.45, 7) is 7.97. The number of halogens is 2. The van der Waals surface area contributed by atoms with Crippen molar-refractivity contribution in [2.24, 2.45) is 0 Å². The molecule has 1 aliphatic heterocycles. The minimum absolute atomic E-state index is 0.0860. The molecule has 5 nitrogen and oxygen atoms in total. The fourth-order valence-electron chi connectivity index (χ4n) is 3.74. The molecule has 1 fully saturated rings. The highest BCUT2D eigenvalue weighted by molar-refractivity contribution is 6.42. The number of amides is 1. The Labute approximate surface area is 198 Å². The summed E-state index contributed by atoms with van der Waals surface area (Å²) in [5.74, 6) is 1.72. The lowest BCUT2D eigenvalue weighted by atomic mass is 10.1. The van der Waals surface area contributed by atoms with Gasteiger partial charge in [0.15, 0.2) is 5.76 Å². The zero-order valence-corrected chi connectivity index (χ0v) is 19.7. The van der Waals surface area contributed by atoms with Crippen molar-refractivity contribution in [2.75, 3.05) is 26.2 Å². The topological polar surface area (TPSA) is 45.9 Å². The van der Waals surface area contributed by atoms with E-state index in [4.69, 9.17) is 32.4 Å². The Balaban J connectivity index is 1.29. The monoisotopic (exact) mass is 472 g/mol. The van der Waals surface area contributed by atoms with E-state index in [0.717, 1.165) is 42.1 Å². The van der Waals surface area contributed by atoms with Crippen molar-refractivity contribution in [1.82, 2.24) is 9.80 Å². The van der Waals surface area contributed by atoms with Crippen LogP contribution in [0.1, 0.15) is 33.0 Å². The quantitative estimate of drug-likeness (QED) is 0.458. The lowest BCUT2D eigenvalue weighted by molar-refractivity contribution is 0.0594. The van der Waals surface area contributed by atoms with Crippen molar-refractivity contribution >= 4 is 29.1 Å². The van der Waals surface area contributed by atoms with Gasteiger partial charge in [0.05, 0.1) is 10.0 Å². The molecule has 0 spiro atoms. The first-order chi connectivity index (χ1) is 15.4. The van der Waals surface area contributed by atoms with Gasteiger partial charge in [-0.25, -0.2) is 0 Å². The number of furan rings is 1. The Kier molecular flexibility index (Phi) is 7.09. The maximum atomic E-state index is 12.9. The van der Waals surface area contributed by atoms with Crippen molar-refractivity contribution in [2.45, 2.75) is 27.0 Å². The van der Waals surface area contributed by atoms with E-state index >= 15 is 0 Å². The summed E-state index contributed by atoms with van der Waals surface area (Å²) in [5.41, 5.74) is 3.31. The molecule has 32 heavy (non-hydrogen) atoms. The van der Waals surface area contributed by atoms with Crippen LogP contribution in [0.3, 0.4) is 0 Å². The maximum absolute atomic E-state index is 12.9. The SMILES string of the molecule is Cc1ccc(C)c(OCc2ccc(C(=O)N3CCN(Cc4ccc(Cl)c(Cl)c4)CC3)o2)c1. The van der Waals surface area contributed by atoms with Crippen LogP contribution < -0.4 is 4.74 Å². The Morgan fingerprint density at radius 1 is 0.969 bits per heavy atom. The fraction of sp³-hybridized carbons (Fsp3) is 0.320. The van der Waals surface area contributed by atoms with Crippen LogP contribution in [0.25, 0.3) is 0 Å². The molecule has 1 aliphatic rings. The standard InChI is InChI=1S/C25H26Cl2N2O3/c1-17-3-4-18(2)24(13-17)31-16-20-6-8-23(32-20)25(30)29-11-9-28(10-12-29)15-19-5-7-21(26)22(27)14-19/h3-8,13-14H,9-12,15-16H2,1-2H3. The van der Waals surface area contributed by atoms with Crippen LogP contribution >= 0.6 is 23.2 Å². The van der Waals surface area contributed by atoms with Gasteiger partial charge in [-0.15, -0.1) is 0 Å². The molecule has 168 valence electrons. The summed E-state index contributed by atoms with van der Waals surface area (Å²) in [5, 5.41) is 1.12. The third kappa shape index (κ3) is 5.47. The van der Waals surface area contributed by atoms with Crippen LogP contribution in [0.5, 0.6) is 5.75 Å². The van der Waals surface area contributed by atoms with E-state index in [1.807, 2.05) is 49.1 Å². The number of benzene rings is 2. The molecular weight excluding hydrogens is 447 g/mol. The van der Waals surface area contributed by atoms with Crippen LogP contribution in [0, 0.1) is 13.8 Å². The first-order valence-corrected chi connectivity index (χ1v) is 11.4. The maximum Gasteiger partial charge on any atom is 0.289 e. The molecule has 0 atom stereocenters. The van der Waals surface area contributed by atoms with E-state index in [-0.39, 0.29) is 12.5 Å². The van der Waals surface area contributed by atoms with E-state index in [2.05, 4.69) is 11.0 Å². The van der Waals surface area contributed by atoms with E-state index < -0.39 is 0 Å². The minimum Gasteiger partial charge on any atom is -0.485 e. The molecule has 0 bridgehead atoms. The van der Waals surface area contributed by atoms with Gasteiger partial charge in [0.25, 0.3) is 5.91 Å². The van der Waals surface area contributed by atoms with Gasteiger partial charge in [-0.05, 0) is 60.9 Å². The lowest BCUT2D eigenvalue weighted by Crippen LogP contribution is -2.48. The molecular formula is C25H26Cl2N2O3. The zero-order chi connectivity index (χ0) is 22.7. The largest absolute Gasteiger partial charge is 0.485 e. The highest BCUT2D eigenvalue weighted by atomic mass is 35.5. The van der Waals surface area contributed by atoms with Crippen LogP contribution in [-0.4, -0.2) is 41.9 Å². The number of nitrogens with zero attached hydrogens (tertiary/aromatic N) is 2. The molecule has 7 heteroatoms. The van der Waals surface area contributed by atoms with E-state index in [0.29, 0.717) is 34.7 Å². The minimum atomic E-state index is -0.0860. The second kappa shape index (κ2) is 9.99. The summed E-state index contributed by atoms with van der Waals surface area (Å²) in [6.07, 6.45) is 0. The molecule has 0 N–H and O–H groups in total. The first kappa shape index (κ1) is 22.7. The van der Waals surface area contributed by atoms with Crippen molar-refractivity contribution in [1.29, 1.82) is 0 Å². The van der Waals surface area contributed by atoms with Crippen molar-refractivity contribution in [3.8, 4) is 5.75 Å². The van der Waals surface area contributed by atoms with Gasteiger partial charge < -0.3 is 14.1 Å². The van der Waals surface area contributed by atoms with Crippen LogP contribution in [-0.2, 0) is 13.2 Å². The highest BCUT2D eigenvalue weighted by Crippen LogP contribution is 2.24. The van der Waals surface area contributed by atoms with E-state index in [9.17, 15) is 4.79 Å². The van der Waals surface area contributed by atoms with Gasteiger partial charge in [0.2, 0.25) is 0 Å². The summed E-state index contributed by atoms with van der Waals surface area (Å²) in [6, 6.07) is 15.3. The smallest absolute Gasteiger partial charge is 0.289 e. The number of rotatable bonds is 6. The van der Waals surface area contributed by atoms with Gasteiger partial charge in [-0.3, -0.25) is 9.69 Å². The molecule has 0 saturated carbocycles. The normalized spacial score (nSPS) is 14.6. The van der Waals surface area contributed by atoms with Gasteiger partial charge in [-0.2, -0.15) is 0 Å². The second-order valence-electron chi connectivity index (χ2n) is 8.14. The number of hydrogen-bond donors (Lipinski definition) is 0. The summed E-state index contributed by atoms with van der Waals surface area (Å²) < 4.78 is 11.7. The number of piperazine rings is 1. The molecule has 0 aliphatic carbocycles. The molecule has 4 rings (SSSR count). The molecule has 0 radical (unpaired) electrons. The number of hydrogen-bond acceptors (Lipinski definition) is 4. The average molecular weight is 473 g/mol. The molecule has 3 aromatic rings. The molecule has 2 aromatic carbocycles. The van der Waals surface area contributed by atoms with Crippen molar-refractivity contribution in [3.05, 3.63) is 86.8 Å². The lowest BCUT2D eigenvalue weighted by Gasteiger charge is -2.34. The van der Waals surface area contributed by atoms with Gasteiger partial charge in [-0.1, -0.05) is 41.4 Å². The number of aryl methyl sites for hydroxylation is 2. The third-order valence-electron chi connectivity index (χ3n) is 5.64. The van der Waals surface area contributed by atoms with Gasteiger partial charge in [0.1, 0.15) is 18.1 Å². The Morgan fingerprint density at radius 2 is 1.75 bits per heavy atom. The molecule has 1 aromatic heterocycles. The van der Waals surface area contributed by atoms with Crippen LogP contribution in [0.2, 0.25) is 10.0 Å².